The molecule has 0 heterocycles. The van der Waals surface area contributed by atoms with Gasteiger partial charge in [-0.3, -0.25) is 14.9 Å². The lowest BCUT2D eigenvalue weighted by Gasteiger charge is -2.25. The van der Waals surface area contributed by atoms with Crippen molar-refractivity contribution in [2.24, 2.45) is 0 Å². The van der Waals surface area contributed by atoms with E-state index in [2.05, 4.69) is 17.4 Å². The average molecular weight is 322 g/mol. The maximum absolute atomic E-state index is 12.2. The average Bonchev–Trinajstić information content (AvgIpc) is 2.61. The lowest BCUT2D eigenvalue weighted by molar-refractivity contribution is -0.384. The van der Waals surface area contributed by atoms with E-state index < -0.39 is 4.92 Å². The van der Waals surface area contributed by atoms with Gasteiger partial charge in [0.25, 0.3) is 5.69 Å². The van der Waals surface area contributed by atoms with Crippen molar-refractivity contribution in [3.05, 3.63) is 81.4 Å². The molecule has 0 bridgehead atoms. The number of hydrogen-bond donors (Lipinski definition) is 1. The molecule has 0 radical (unpaired) electrons. The van der Waals surface area contributed by atoms with Crippen LogP contribution in [0.4, 0.5) is 5.69 Å². The molecule has 2 aromatic carbocycles. The van der Waals surface area contributed by atoms with Gasteiger partial charge in [0.2, 0.25) is 5.91 Å². The minimum Gasteiger partial charge on any atom is -0.346 e. The molecule has 122 valence electrons. The van der Waals surface area contributed by atoms with Crippen LogP contribution >= 0.6 is 0 Å². The van der Waals surface area contributed by atoms with E-state index in [0.717, 1.165) is 24.8 Å². The minimum absolute atomic E-state index is 0.0374. The van der Waals surface area contributed by atoms with Crippen molar-refractivity contribution >= 4 is 17.7 Å². The van der Waals surface area contributed by atoms with Gasteiger partial charge in [-0.05, 0) is 54.2 Å². The summed E-state index contributed by atoms with van der Waals surface area (Å²) >= 11 is 0. The number of benzene rings is 2. The van der Waals surface area contributed by atoms with Crippen molar-refractivity contribution < 1.29 is 9.72 Å². The summed E-state index contributed by atoms with van der Waals surface area (Å²) in [5.41, 5.74) is 3.28. The number of nitro groups is 1. The van der Waals surface area contributed by atoms with Crippen LogP contribution in [0.3, 0.4) is 0 Å². The molecule has 1 aliphatic rings. The number of nitro benzene ring substituents is 1. The fourth-order valence-electron chi connectivity index (χ4n) is 3.00. The van der Waals surface area contributed by atoms with Crippen molar-refractivity contribution in [3.63, 3.8) is 0 Å². The van der Waals surface area contributed by atoms with Crippen LogP contribution in [0.2, 0.25) is 0 Å². The van der Waals surface area contributed by atoms with Gasteiger partial charge in [0.1, 0.15) is 0 Å². The number of carbonyl (C=O) groups is 1. The maximum atomic E-state index is 12.2. The molecule has 0 saturated carbocycles. The zero-order valence-corrected chi connectivity index (χ0v) is 13.1. The topological polar surface area (TPSA) is 72.2 Å². The van der Waals surface area contributed by atoms with E-state index in [9.17, 15) is 14.9 Å². The molecule has 2 aromatic rings. The molecular formula is C19H18N2O3. The zero-order valence-electron chi connectivity index (χ0n) is 13.1. The van der Waals surface area contributed by atoms with Crippen LogP contribution in [0.15, 0.2) is 54.6 Å². The fourth-order valence-corrected chi connectivity index (χ4v) is 3.00. The highest BCUT2D eigenvalue weighted by Crippen LogP contribution is 2.29. The lowest BCUT2D eigenvalue weighted by Crippen LogP contribution is -2.29. The molecule has 3 rings (SSSR count). The number of nitrogens with one attached hydrogen (secondary N) is 1. The van der Waals surface area contributed by atoms with Gasteiger partial charge in [-0.15, -0.1) is 0 Å². The third-order valence-corrected chi connectivity index (χ3v) is 4.22. The number of rotatable bonds is 4. The Kier molecular flexibility index (Phi) is 4.70. The predicted octanol–water partition coefficient (Wildman–Crippen LogP) is 3.80. The summed E-state index contributed by atoms with van der Waals surface area (Å²) in [5.74, 6) is -0.157. The Labute approximate surface area is 140 Å². The third-order valence-electron chi connectivity index (χ3n) is 4.22. The largest absolute Gasteiger partial charge is 0.346 e. The van der Waals surface area contributed by atoms with E-state index in [4.69, 9.17) is 0 Å². The molecule has 1 atom stereocenters. The maximum Gasteiger partial charge on any atom is 0.269 e. The van der Waals surface area contributed by atoms with Crippen LogP contribution in [0.25, 0.3) is 6.08 Å². The molecule has 5 heteroatoms. The standard InChI is InChI=1S/C19H18N2O3/c22-19(13-10-14-8-11-16(12-9-14)21(23)24)20-18-7-3-5-15-4-1-2-6-17(15)18/h1-2,4,6,8-13,18H,3,5,7H2,(H,20,22)/b13-10-/t18-/m0/s1. The van der Waals surface area contributed by atoms with Crippen molar-refractivity contribution in [2.45, 2.75) is 25.3 Å². The number of amides is 1. The Morgan fingerprint density at radius 2 is 1.92 bits per heavy atom. The number of carbonyl (C=O) groups excluding carboxylic acids is 1. The third kappa shape index (κ3) is 3.68. The monoisotopic (exact) mass is 322 g/mol. The van der Waals surface area contributed by atoms with Crippen LogP contribution in [0.1, 0.15) is 35.6 Å². The molecule has 1 amide bonds. The summed E-state index contributed by atoms with van der Waals surface area (Å²) < 4.78 is 0. The quantitative estimate of drug-likeness (QED) is 0.528. The predicted molar refractivity (Wildman–Crippen MR) is 92.4 cm³/mol. The number of nitrogens with zero attached hydrogens (tertiary/aromatic N) is 1. The molecule has 0 aliphatic heterocycles. The smallest absolute Gasteiger partial charge is 0.269 e. The summed E-state index contributed by atoms with van der Waals surface area (Å²) in [6, 6.07) is 14.3. The molecular weight excluding hydrogens is 304 g/mol. The molecule has 0 aromatic heterocycles. The van der Waals surface area contributed by atoms with Crippen LogP contribution in [-0.2, 0) is 11.2 Å². The first kappa shape index (κ1) is 15.9. The van der Waals surface area contributed by atoms with Crippen molar-refractivity contribution in [3.8, 4) is 0 Å². The zero-order chi connectivity index (χ0) is 16.9. The van der Waals surface area contributed by atoms with Crippen molar-refractivity contribution in [1.29, 1.82) is 0 Å². The second-order valence-corrected chi connectivity index (χ2v) is 5.83. The van der Waals surface area contributed by atoms with E-state index in [1.165, 1.54) is 29.3 Å². The first-order valence-corrected chi connectivity index (χ1v) is 7.94. The fraction of sp³-hybridized carbons (Fsp3) is 0.211. The van der Waals surface area contributed by atoms with E-state index >= 15 is 0 Å². The van der Waals surface area contributed by atoms with Gasteiger partial charge < -0.3 is 5.32 Å². The molecule has 0 unspecified atom stereocenters. The van der Waals surface area contributed by atoms with Gasteiger partial charge in [0.15, 0.2) is 0 Å². The van der Waals surface area contributed by atoms with E-state index in [1.807, 2.05) is 12.1 Å². The Morgan fingerprint density at radius 1 is 1.17 bits per heavy atom. The Bertz CT molecular complexity index is 781. The molecule has 1 N–H and O–H groups in total. The highest BCUT2D eigenvalue weighted by Gasteiger charge is 2.20. The number of non-ortho nitro benzene ring substituents is 1. The van der Waals surface area contributed by atoms with Gasteiger partial charge in [-0.2, -0.15) is 0 Å². The molecule has 24 heavy (non-hydrogen) atoms. The number of aryl methyl sites for hydroxylation is 1. The number of hydrogen-bond acceptors (Lipinski definition) is 3. The van der Waals surface area contributed by atoms with E-state index in [-0.39, 0.29) is 17.6 Å². The SMILES string of the molecule is O=C(/C=C\c1ccc([N+](=O)[O-])cc1)N[C@H]1CCCc2ccccc21. The van der Waals surface area contributed by atoms with Gasteiger partial charge in [0.05, 0.1) is 11.0 Å². The van der Waals surface area contributed by atoms with Crippen LogP contribution in [0.5, 0.6) is 0 Å². The first-order chi connectivity index (χ1) is 11.6. The van der Waals surface area contributed by atoms with Crippen molar-refractivity contribution in [1.82, 2.24) is 5.32 Å². The van der Waals surface area contributed by atoms with Gasteiger partial charge in [-0.1, -0.05) is 24.3 Å². The molecule has 1 aliphatic carbocycles. The highest BCUT2D eigenvalue weighted by molar-refractivity contribution is 5.92. The summed E-state index contributed by atoms with van der Waals surface area (Å²) in [7, 11) is 0. The molecule has 5 nitrogen and oxygen atoms in total. The Morgan fingerprint density at radius 3 is 2.67 bits per heavy atom. The minimum atomic E-state index is -0.444. The normalized spacial score (nSPS) is 16.6. The van der Waals surface area contributed by atoms with Crippen molar-refractivity contribution in [2.75, 3.05) is 0 Å². The Hall–Kier alpha value is -2.95. The van der Waals surface area contributed by atoms with Gasteiger partial charge in [0, 0.05) is 18.2 Å². The Balaban J connectivity index is 1.65. The second kappa shape index (κ2) is 7.08. The van der Waals surface area contributed by atoms with Crippen LogP contribution in [-0.4, -0.2) is 10.8 Å². The van der Waals surface area contributed by atoms with Crippen LogP contribution in [0, 0.1) is 10.1 Å². The van der Waals surface area contributed by atoms with Gasteiger partial charge in [-0.25, -0.2) is 0 Å². The first-order valence-electron chi connectivity index (χ1n) is 7.94. The lowest BCUT2D eigenvalue weighted by atomic mass is 9.88. The molecule has 0 spiro atoms. The summed E-state index contributed by atoms with van der Waals surface area (Å²) in [5, 5.41) is 13.7. The highest BCUT2D eigenvalue weighted by atomic mass is 16.6. The second-order valence-electron chi connectivity index (χ2n) is 5.83. The van der Waals surface area contributed by atoms with Crippen LogP contribution < -0.4 is 5.32 Å². The van der Waals surface area contributed by atoms with E-state index in [0.29, 0.717) is 0 Å². The van der Waals surface area contributed by atoms with Gasteiger partial charge >= 0.3 is 0 Å². The summed E-state index contributed by atoms with van der Waals surface area (Å²) in [6.45, 7) is 0. The summed E-state index contributed by atoms with van der Waals surface area (Å²) in [6.07, 6.45) is 6.19. The van der Waals surface area contributed by atoms with E-state index in [1.54, 1.807) is 18.2 Å². The number of fused-ring (bicyclic) bond motifs is 1. The molecule has 0 saturated heterocycles. The summed E-state index contributed by atoms with van der Waals surface area (Å²) in [4.78, 5) is 22.3. The molecule has 0 fully saturated rings.